The van der Waals surface area contributed by atoms with E-state index in [1.54, 1.807) is 12.1 Å². The van der Waals surface area contributed by atoms with Crippen molar-refractivity contribution in [3.63, 3.8) is 0 Å². The Morgan fingerprint density at radius 3 is 3.00 bits per heavy atom. The van der Waals surface area contributed by atoms with Gasteiger partial charge in [-0.1, -0.05) is 17.4 Å². The number of phenols is 1. The van der Waals surface area contributed by atoms with Crippen molar-refractivity contribution in [3.8, 4) is 5.75 Å². The van der Waals surface area contributed by atoms with Gasteiger partial charge in [0.15, 0.2) is 0 Å². The monoisotopic (exact) mass is 169 g/mol. The molecular weight excluding hydrogens is 165 g/mol. The van der Waals surface area contributed by atoms with E-state index in [9.17, 15) is 9.50 Å². The van der Waals surface area contributed by atoms with Gasteiger partial charge in [-0.2, -0.15) is 4.39 Å². The van der Waals surface area contributed by atoms with E-state index in [1.165, 1.54) is 6.07 Å². The Hall–Kier alpha value is -1.16. The number of thiazole rings is 1. The maximum absolute atomic E-state index is 12.5. The molecule has 0 aliphatic carbocycles. The van der Waals surface area contributed by atoms with Crippen molar-refractivity contribution in [2.75, 3.05) is 0 Å². The van der Waals surface area contributed by atoms with Gasteiger partial charge in [-0.25, -0.2) is 4.98 Å². The number of benzene rings is 1. The predicted octanol–water partition coefficient (Wildman–Crippen LogP) is 2.14. The number of rotatable bonds is 0. The van der Waals surface area contributed by atoms with Gasteiger partial charge in [-0.05, 0) is 12.1 Å². The number of aromatic hydroxyl groups is 1. The van der Waals surface area contributed by atoms with Gasteiger partial charge in [0.2, 0.25) is 0 Å². The van der Waals surface area contributed by atoms with E-state index in [2.05, 4.69) is 4.98 Å². The number of hydrogen-bond donors (Lipinski definition) is 1. The molecule has 11 heavy (non-hydrogen) atoms. The molecule has 0 fully saturated rings. The Bertz CT molecular complexity index is 398. The molecule has 0 radical (unpaired) electrons. The molecule has 0 spiro atoms. The fourth-order valence-electron chi connectivity index (χ4n) is 0.907. The van der Waals surface area contributed by atoms with E-state index in [1.807, 2.05) is 0 Å². The molecule has 56 valence electrons. The molecule has 2 rings (SSSR count). The SMILES string of the molecule is Oc1cccc2nc(F)sc12. The van der Waals surface area contributed by atoms with Crippen molar-refractivity contribution >= 4 is 21.6 Å². The zero-order chi connectivity index (χ0) is 7.84. The summed E-state index contributed by atoms with van der Waals surface area (Å²) < 4.78 is 13.0. The van der Waals surface area contributed by atoms with Gasteiger partial charge in [0.25, 0.3) is 5.26 Å². The van der Waals surface area contributed by atoms with Crippen molar-refractivity contribution in [3.05, 3.63) is 23.5 Å². The zero-order valence-electron chi connectivity index (χ0n) is 5.41. The van der Waals surface area contributed by atoms with Gasteiger partial charge >= 0.3 is 0 Å². The van der Waals surface area contributed by atoms with Crippen LogP contribution in [0.2, 0.25) is 0 Å². The summed E-state index contributed by atoms with van der Waals surface area (Å²) in [5.74, 6) is 0.0869. The highest BCUT2D eigenvalue weighted by Crippen LogP contribution is 2.28. The highest BCUT2D eigenvalue weighted by molar-refractivity contribution is 7.17. The third-order valence-corrected chi connectivity index (χ3v) is 2.25. The minimum Gasteiger partial charge on any atom is -0.506 e. The van der Waals surface area contributed by atoms with E-state index in [0.717, 1.165) is 11.3 Å². The van der Waals surface area contributed by atoms with Gasteiger partial charge in [0.1, 0.15) is 5.75 Å². The number of hydrogen-bond acceptors (Lipinski definition) is 3. The molecule has 0 aliphatic heterocycles. The fourth-order valence-corrected chi connectivity index (χ4v) is 1.61. The van der Waals surface area contributed by atoms with Crippen LogP contribution in [-0.4, -0.2) is 10.1 Å². The maximum Gasteiger partial charge on any atom is 0.270 e. The molecule has 2 nitrogen and oxygen atoms in total. The summed E-state index contributed by atoms with van der Waals surface area (Å²) in [7, 11) is 0. The highest BCUT2D eigenvalue weighted by atomic mass is 32.1. The van der Waals surface area contributed by atoms with Crippen LogP contribution in [0.15, 0.2) is 18.2 Å². The van der Waals surface area contributed by atoms with Crippen LogP contribution < -0.4 is 0 Å². The van der Waals surface area contributed by atoms with Gasteiger partial charge < -0.3 is 5.11 Å². The Morgan fingerprint density at radius 1 is 1.45 bits per heavy atom. The van der Waals surface area contributed by atoms with Crippen molar-refractivity contribution < 1.29 is 9.50 Å². The number of fused-ring (bicyclic) bond motifs is 1. The van der Waals surface area contributed by atoms with Gasteiger partial charge in [-0.15, -0.1) is 0 Å². The van der Waals surface area contributed by atoms with Crippen LogP contribution in [0, 0.1) is 5.26 Å². The second-order valence-corrected chi connectivity index (χ2v) is 3.04. The van der Waals surface area contributed by atoms with E-state index in [0.29, 0.717) is 10.2 Å². The first-order valence-electron chi connectivity index (χ1n) is 3.01. The Balaban J connectivity index is 2.90. The molecule has 1 heterocycles. The van der Waals surface area contributed by atoms with Crippen LogP contribution in [0.1, 0.15) is 0 Å². The molecule has 1 aromatic heterocycles. The lowest BCUT2D eigenvalue weighted by atomic mass is 10.3. The lowest BCUT2D eigenvalue weighted by molar-refractivity contribution is 0.482. The van der Waals surface area contributed by atoms with Gasteiger partial charge in [0.05, 0.1) is 10.2 Å². The molecule has 2 aromatic rings. The number of nitrogens with zero attached hydrogens (tertiary/aromatic N) is 1. The molecule has 0 bridgehead atoms. The van der Waals surface area contributed by atoms with Crippen LogP contribution in [-0.2, 0) is 0 Å². The lowest BCUT2D eigenvalue weighted by Crippen LogP contribution is -1.67. The van der Waals surface area contributed by atoms with Crippen LogP contribution in [0.3, 0.4) is 0 Å². The smallest absolute Gasteiger partial charge is 0.270 e. The van der Waals surface area contributed by atoms with Gasteiger partial charge in [0, 0.05) is 0 Å². The Labute approximate surface area is 65.9 Å². The number of aromatic nitrogens is 1. The summed E-state index contributed by atoms with van der Waals surface area (Å²) in [5.41, 5.74) is 0.507. The molecule has 0 aliphatic rings. The van der Waals surface area contributed by atoms with E-state index in [4.69, 9.17) is 0 Å². The average molecular weight is 169 g/mol. The fraction of sp³-hybridized carbons (Fsp3) is 0. The van der Waals surface area contributed by atoms with Crippen molar-refractivity contribution in [2.45, 2.75) is 0 Å². The summed E-state index contributed by atoms with van der Waals surface area (Å²) in [6.45, 7) is 0. The van der Waals surface area contributed by atoms with Crippen molar-refractivity contribution in [2.24, 2.45) is 0 Å². The quantitative estimate of drug-likeness (QED) is 0.655. The summed E-state index contributed by atoms with van der Waals surface area (Å²) in [6.07, 6.45) is 0. The predicted molar refractivity (Wildman–Crippen MR) is 41.2 cm³/mol. The normalized spacial score (nSPS) is 10.6. The number of phenolic OH excluding ortho intramolecular Hbond substituents is 1. The summed E-state index contributed by atoms with van der Waals surface area (Å²) in [5, 5.41) is 8.68. The topological polar surface area (TPSA) is 33.1 Å². The second-order valence-electron chi connectivity index (χ2n) is 2.09. The minimum atomic E-state index is -0.512. The summed E-state index contributed by atoms with van der Waals surface area (Å²) in [4.78, 5) is 3.57. The average Bonchev–Trinajstić information content (AvgIpc) is 2.31. The van der Waals surface area contributed by atoms with Crippen molar-refractivity contribution in [1.29, 1.82) is 0 Å². The third-order valence-electron chi connectivity index (χ3n) is 1.37. The Kier molecular flexibility index (Phi) is 1.29. The first-order chi connectivity index (χ1) is 5.27. The molecule has 1 aromatic carbocycles. The molecule has 0 atom stereocenters. The van der Waals surface area contributed by atoms with E-state index < -0.39 is 5.26 Å². The second kappa shape index (κ2) is 2.17. The molecule has 0 saturated heterocycles. The molecule has 1 N–H and O–H groups in total. The first-order valence-corrected chi connectivity index (χ1v) is 3.83. The van der Waals surface area contributed by atoms with Crippen LogP contribution in [0.4, 0.5) is 4.39 Å². The highest BCUT2D eigenvalue weighted by Gasteiger charge is 2.04. The molecule has 4 heteroatoms. The van der Waals surface area contributed by atoms with Crippen molar-refractivity contribution in [1.82, 2.24) is 4.98 Å². The van der Waals surface area contributed by atoms with E-state index >= 15 is 0 Å². The third kappa shape index (κ3) is 0.952. The first kappa shape index (κ1) is 6.54. The Morgan fingerprint density at radius 2 is 2.27 bits per heavy atom. The minimum absolute atomic E-state index is 0.0869. The van der Waals surface area contributed by atoms with E-state index in [-0.39, 0.29) is 5.75 Å². The zero-order valence-corrected chi connectivity index (χ0v) is 6.23. The summed E-state index contributed by atoms with van der Waals surface area (Å²) in [6, 6.07) is 4.81. The number of halogens is 1. The lowest BCUT2D eigenvalue weighted by Gasteiger charge is -1.88. The largest absolute Gasteiger partial charge is 0.506 e. The molecule has 0 unspecified atom stereocenters. The van der Waals surface area contributed by atoms with Crippen LogP contribution in [0.25, 0.3) is 10.2 Å². The summed E-state index contributed by atoms with van der Waals surface area (Å²) >= 11 is 0.851. The van der Waals surface area contributed by atoms with Gasteiger partial charge in [-0.3, -0.25) is 0 Å². The molecule has 0 amide bonds. The van der Waals surface area contributed by atoms with Crippen LogP contribution >= 0.6 is 11.3 Å². The molecule has 0 saturated carbocycles. The standard InChI is InChI=1S/C7H4FNOS/c8-7-9-4-2-1-3-5(10)6(4)11-7/h1-3,10H. The maximum atomic E-state index is 12.5. The molecular formula is C7H4FNOS. The van der Waals surface area contributed by atoms with Crippen LogP contribution in [0.5, 0.6) is 5.75 Å².